The Morgan fingerprint density at radius 2 is 2.20 bits per heavy atom. The van der Waals surface area contributed by atoms with Gasteiger partial charge in [0, 0.05) is 26.7 Å². The van der Waals surface area contributed by atoms with Crippen molar-refractivity contribution in [2.24, 2.45) is 0 Å². The molecule has 1 rings (SSSR count). The van der Waals surface area contributed by atoms with E-state index in [-0.39, 0.29) is 0 Å². The quantitative estimate of drug-likeness (QED) is 0.653. The highest BCUT2D eigenvalue weighted by molar-refractivity contribution is 5.46. The van der Waals surface area contributed by atoms with Crippen molar-refractivity contribution in [1.29, 1.82) is 0 Å². The number of nitrogens with one attached hydrogen (secondary N) is 1. The number of nitrogens with zero attached hydrogens (tertiary/aromatic N) is 3. The number of hydrogen-bond donors (Lipinski definition) is 2. The lowest BCUT2D eigenvalue weighted by atomic mass is 10.5. The van der Waals surface area contributed by atoms with Crippen molar-refractivity contribution < 1.29 is 4.74 Å². The summed E-state index contributed by atoms with van der Waals surface area (Å²) in [5, 5.41) is 2.97. The fraction of sp³-hybridized carbons (Fsp3) is 0.556. The lowest BCUT2D eigenvalue weighted by Crippen LogP contribution is -2.18. The number of ether oxygens (including phenoxy) is 1. The molecule has 0 aromatic carbocycles. The zero-order valence-corrected chi connectivity index (χ0v) is 9.32. The van der Waals surface area contributed by atoms with Crippen molar-refractivity contribution in [3.8, 4) is 6.01 Å². The molecule has 0 bridgehead atoms. The molecular formula is C9H17N5O. The molecule has 0 radical (unpaired) electrons. The third-order valence-electron chi connectivity index (χ3n) is 1.75. The van der Waals surface area contributed by atoms with Crippen LogP contribution in [-0.2, 0) is 0 Å². The summed E-state index contributed by atoms with van der Waals surface area (Å²) >= 11 is 0. The molecule has 0 spiro atoms. The maximum Gasteiger partial charge on any atom is 0.320 e. The topological polar surface area (TPSA) is 76.3 Å². The number of hydrogen-bond acceptors (Lipinski definition) is 6. The molecule has 0 unspecified atom stereocenters. The van der Waals surface area contributed by atoms with E-state index in [0.717, 1.165) is 12.4 Å². The molecule has 6 heteroatoms. The molecule has 1 aromatic heterocycles. The van der Waals surface area contributed by atoms with Crippen molar-refractivity contribution in [2.45, 2.75) is 0 Å². The molecule has 0 aliphatic carbocycles. The number of anilines is 2. The van der Waals surface area contributed by atoms with Crippen LogP contribution >= 0.6 is 0 Å². The number of rotatable bonds is 5. The van der Waals surface area contributed by atoms with E-state index in [2.05, 4.69) is 15.3 Å². The molecule has 0 saturated carbocycles. The Morgan fingerprint density at radius 1 is 1.47 bits per heavy atom. The Hall–Kier alpha value is -1.56. The van der Waals surface area contributed by atoms with Crippen LogP contribution in [0.25, 0.3) is 0 Å². The van der Waals surface area contributed by atoms with Crippen molar-refractivity contribution in [3.05, 3.63) is 6.07 Å². The maximum absolute atomic E-state index is 5.63. The highest BCUT2D eigenvalue weighted by Gasteiger charge is 2.04. The lowest BCUT2D eigenvalue weighted by Gasteiger charge is -2.12. The molecule has 0 fully saturated rings. The van der Waals surface area contributed by atoms with Gasteiger partial charge in [-0.05, 0) is 7.05 Å². The molecule has 15 heavy (non-hydrogen) atoms. The Kier molecular flexibility index (Phi) is 4.11. The zero-order chi connectivity index (χ0) is 11.3. The average Bonchev–Trinajstić information content (AvgIpc) is 2.17. The van der Waals surface area contributed by atoms with Gasteiger partial charge < -0.3 is 20.7 Å². The predicted octanol–water partition coefficient (Wildman–Crippen LogP) is -0.277. The van der Waals surface area contributed by atoms with Gasteiger partial charge in [0.2, 0.25) is 0 Å². The van der Waals surface area contributed by atoms with E-state index in [0.29, 0.717) is 18.4 Å². The van der Waals surface area contributed by atoms with Gasteiger partial charge in [-0.3, -0.25) is 0 Å². The van der Waals surface area contributed by atoms with Crippen molar-refractivity contribution in [2.75, 3.05) is 44.9 Å². The minimum absolute atomic E-state index is 0.314. The first-order chi connectivity index (χ1) is 7.13. The first-order valence-corrected chi connectivity index (χ1v) is 4.72. The monoisotopic (exact) mass is 211 g/mol. The van der Waals surface area contributed by atoms with Gasteiger partial charge >= 0.3 is 6.01 Å². The smallest absolute Gasteiger partial charge is 0.320 e. The molecule has 1 aromatic rings. The zero-order valence-electron chi connectivity index (χ0n) is 9.32. The summed E-state index contributed by atoms with van der Waals surface area (Å²) in [7, 11) is 5.63. The highest BCUT2D eigenvalue weighted by Crippen LogP contribution is 2.14. The van der Waals surface area contributed by atoms with Crippen LogP contribution in [0.15, 0.2) is 6.07 Å². The lowest BCUT2D eigenvalue weighted by molar-refractivity contribution is 0.294. The van der Waals surface area contributed by atoms with Crippen molar-refractivity contribution in [3.63, 3.8) is 0 Å². The molecule has 0 aliphatic rings. The van der Waals surface area contributed by atoms with Crippen LogP contribution in [0.1, 0.15) is 0 Å². The fourth-order valence-corrected chi connectivity index (χ4v) is 0.968. The number of aromatic nitrogens is 2. The summed E-state index contributed by atoms with van der Waals surface area (Å²) in [4.78, 5) is 10.0. The van der Waals surface area contributed by atoms with Crippen molar-refractivity contribution >= 4 is 11.6 Å². The van der Waals surface area contributed by atoms with E-state index >= 15 is 0 Å². The minimum Gasteiger partial charge on any atom is -0.462 e. The highest BCUT2D eigenvalue weighted by atomic mass is 16.5. The molecule has 3 N–H and O–H groups in total. The number of nitrogens with two attached hydrogens (primary N) is 1. The van der Waals surface area contributed by atoms with Crippen LogP contribution < -0.4 is 20.7 Å². The largest absolute Gasteiger partial charge is 0.462 e. The van der Waals surface area contributed by atoms with E-state index in [9.17, 15) is 0 Å². The Morgan fingerprint density at radius 3 is 2.80 bits per heavy atom. The Labute approximate surface area is 89.5 Å². The van der Waals surface area contributed by atoms with E-state index in [4.69, 9.17) is 10.5 Å². The summed E-state index contributed by atoms with van der Waals surface area (Å²) in [6.07, 6.45) is 0. The van der Waals surface area contributed by atoms with Gasteiger partial charge in [0.15, 0.2) is 0 Å². The third-order valence-corrected chi connectivity index (χ3v) is 1.75. The molecule has 84 valence electrons. The van der Waals surface area contributed by atoms with E-state index in [1.807, 2.05) is 26.0 Å². The van der Waals surface area contributed by atoms with Crippen LogP contribution in [0.5, 0.6) is 6.01 Å². The Balaban J connectivity index is 2.71. The fourth-order valence-electron chi connectivity index (χ4n) is 0.968. The van der Waals surface area contributed by atoms with Crippen LogP contribution in [0, 0.1) is 0 Å². The second-order valence-electron chi connectivity index (χ2n) is 3.28. The van der Waals surface area contributed by atoms with E-state index in [1.54, 1.807) is 6.07 Å². The molecular weight excluding hydrogens is 194 g/mol. The summed E-state index contributed by atoms with van der Waals surface area (Å²) in [5.41, 5.74) is 5.63. The standard InChI is InChI=1S/C9H17N5O/c1-11-4-5-15-9-12-7(10)6-8(13-9)14(2)3/h6,11H,4-5H2,1-3H3,(H2,10,12,13). The number of nitrogen functional groups attached to an aromatic ring is 1. The van der Waals surface area contributed by atoms with Crippen LogP contribution in [-0.4, -0.2) is 44.3 Å². The molecule has 0 atom stereocenters. The van der Waals surface area contributed by atoms with Crippen molar-refractivity contribution in [1.82, 2.24) is 15.3 Å². The van der Waals surface area contributed by atoms with Gasteiger partial charge in [-0.1, -0.05) is 0 Å². The number of likely N-dealkylation sites (N-methyl/N-ethyl adjacent to an activating group) is 1. The molecule has 0 saturated heterocycles. The molecule has 6 nitrogen and oxygen atoms in total. The van der Waals surface area contributed by atoms with Crippen LogP contribution in [0.2, 0.25) is 0 Å². The summed E-state index contributed by atoms with van der Waals surface area (Å²) in [5.74, 6) is 1.15. The predicted molar refractivity (Wildman–Crippen MR) is 60.2 cm³/mol. The Bertz CT molecular complexity index is 315. The second-order valence-corrected chi connectivity index (χ2v) is 3.28. The molecule has 0 aliphatic heterocycles. The SMILES string of the molecule is CNCCOc1nc(N)cc(N(C)C)n1. The van der Waals surface area contributed by atoms with Gasteiger partial charge in [0.25, 0.3) is 0 Å². The minimum atomic E-state index is 0.314. The van der Waals surface area contributed by atoms with Crippen LogP contribution in [0.3, 0.4) is 0 Å². The van der Waals surface area contributed by atoms with Gasteiger partial charge in [-0.15, -0.1) is 0 Å². The summed E-state index contributed by atoms with van der Waals surface area (Å²) in [6, 6.07) is 2.01. The summed E-state index contributed by atoms with van der Waals surface area (Å²) in [6.45, 7) is 1.27. The second kappa shape index (κ2) is 5.35. The van der Waals surface area contributed by atoms with Gasteiger partial charge in [-0.25, -0.2) is 0 Å². The van der Waals surface area contributed by atoms with E-state index in [1.165, 1.54) is 0 Å². The van der Waals surface area contributed by atoms with Gasteiger partial charge in [0.1, 0.15) is 18.2 Å². The summed E-state index contributed by atoms with van der Waals surface area (Å²) < 4.78 is 5.33. The average molecular weight is 211 g/mol. The maximum atomic E-state index is 5.63. The molecule has 1 heterocycles. The first kappa shape index (κ1) is 11.5. The first-order valence-electron chi connectivity index (χ1n) is 4.72. The van der Waals surface area contributed by atoms with E-state index < -0.39 is 0 Å². The van der Waals surface area contributed by atoms with Gasteiger partial charge in [-0.2, -0.15) is 9.97 Å². The molecule has 0 amide bonds. The van der Waals surface area contributed by atoms with Crippen LogP contribution in [0.4, 0.5) is 11.6 Å². The van der Waals surface area contributed by atoms with Gasteiger partial charge in [0.05, 0.1) is 0 Å². The normalized spacial score (nSPS) is 10.1. The third kappa shape index (κ3) is 3.59.